The van der Waals surface area contributed by atoms with E-state index in [-0.39, 0.29) is 18.6 Å². The maximum absolute atomic E-state index is 11.8. The lowest BCUT2D eigenvalue weighted by Gasteiger charge is -2.34. The summed E-state index contributed by atoms with van der Waals surface area (Å²) < 4.78 is 15.9. The molecular weight excluding hydrogens is 310 g/mol. The quantitative estimate of drug-likeness (QED) is 0.697. The summed E-state index contributed by atoms with van der Waals surface area (Å²) in [5, 5.41) is 0. The number of aliphatic imine (C=N–C) groups is 2. The van der Waals surface area contributed by atoms with Crippen LogP contribution in [-0.2, 0) is 14.2 Å². The summed E-state index contributed by atoms with van der Waals surface area (Å²) in [7, 11) is 4.86. The molecule has 0 bridgehead atoms. The van der Waals surface area contributed by atoms with Crippen LogP contribution in [0.2, 0.25) is 0 Å². The van der Waals surface area contributed by atoms with Crippen molar-refractivity contribution < 1.29 is 19.0 Å². The minimum Gasteiger partial charge on any atom is -0.483 e. The molecule has 136 valence electrons. The molecule has 1 rings (SSSR count). The summed E-state index contributed by atoms with van der Waals surface area (Å²) >= 11 is 0. The van der Waals surface area contributed by atoms with Crippen LogP contribution < -0.4 is 0 Å². The Kier molecular flexibility index (Phi) is 7.25. The van der Waals surface area contributed by atoms with Gasteiger partial charge in [-0.15, -0.1) is 0 Å². The molecule has 1 amide bonds. The number of carbonyl (C=O) groups is 1. The first-order valence-corrected chi connectivity index (χ1v) is 8.03. The lowest BCUT2D eigenvalue weighted by atomic mass is 9.93. The SMILES string of the molecule is C=CCOC(=O)N(C)CC[C@]1(C)N=C(OC)[C@@H](C(C)C)N=C1OC. The number of ether oxygens (including phenoxy) is 3. The van der Waals surface area contributed by atoms with Crippen molar-refractivity contribution in [2.24, 2.45) is 15.9 Å². The molecule has 0 radical (unpaired) electrons. The summed E-state index contributed by atoms with van der Waals surface area (Å²) in [4.78, 5) is 22.7. The van der Waals surface area contributed by atoms with Crippen molar-refractivity contribution in [1.29, 1.82) is 0 Å². The molecule has 7 nitrogen and oxygen atoms in total. The van der Waals surface area contributed by atoms with E-state index in [1.807, 2.05) is 6.92 Å². The number of amides is 1. The molecule has 7 heteroatoms. The van der Waals surface area contributed by atoms with Gasteiger partial charge in [-0.1, -0.05) is 26.5 Å². The predicted octanol–water partition coefficient (Wildman–Crippen LogP) is 2.52. The molecule has 24 heavy (non-hydrogen) atoms. The fourth-order valence-electron chi connectivity index (χ4n) is 2.43. The van der Waals surface area contributed by atoms with E-state index in [4.69, 9.17) is 19.2 Å². The van der Waals surface area contributed by atoms with Gasteiger partial charge in [-0.05, 0) is 19.3 Å². The maximum atomic E-state index is 11.8. The summed E-state index contributed by atoms with van der Waals surface area (Å²) in [6.45, 7) is 10.2. The number of rotatable bonds is 6. The highest BCUT2D eigenvalue weighted by molar-refractivity contribution is 5.96. The van der Waals surface area contributed by atoms with E-state index in [0.29, 0.717) is 24.8 Å². The average molecular weight is 339 g/mol. The molecule has 0 N–H and O–H groups in total. The Morgan fingerprint density at radius 1 is 1.42 bits per heavy atom. The first-order chi connectivity index (χ1) is 11.3. The van der Waals surface area contributed by atoms with Crippen molar-refractivity contribution in [3.05, 3.63) is 12.7 Å². The van der Waals surface area contributed by atoms with E-state index in [0.717, 1.165) is 0 Å². The highest BCUT2D eigenvalue weighted by Crippen LogP contribution is 2.27. The van der Waals surface area contributed by atoms with Crippen LogP contribution in [-0.4, -0.2) is 68.8 Å². The third-order valence-electron chi connectivity index (χ3n) is 3.93. The van der Waals surface area contributed by atoms with Crippen molar-refractivity contribution in [3.63, 3.8) is 0 Å². The van der Waals surface area contributed by atoms with Crippen molar-refractivity contribution in [2.45, 2.75) is 38.8 Å². The molecule has 0 saturated heterocycles. The van der Waals surface area contributed by atoms with E-state index in [9.17, 15) is 4.79 Å². The van der Waals surface area contributed by atoms with Gasteiger partial charge in [-0.25, -0.2) is 14.8 Å². The number of methoxy groups -OCH3 is 2. The van der Waals surface area contributed by atoms with Gasteiger partial charge in [0, 0.05) is 13.6 Å². The fourth-order valence-corrected chi connectivity index (χ4v) is 2.43. The molecule has 0 unspecified atom stereocenters. The molecule has 1 heterocycles. The van der Waals surface area contributed by atoms with E-state index >= 15 is 0 Å². The molecule has 0 saturated carbocycles. The van der Waals surface area contributed by atoms with Gasteiger partial charge in [0.15, 0.2) is 0 Å². The topological polar surface area (TPSA) is 72.7 Å². The van der Waals surface area contributed by atoms with Gasteiger partial charge in [0.2, 0.25) is 11.8 Å². The average Bonchev–Trinajstić information content (AvgIpc) is 2.56. The fraction of sp³-hybridized carbons (Fsp3) is 0.706. The second-order valence-electron chi connectivity index (χ2n) is 6.29. The summed E-state index contributed by atoms with van der Waals surface area (Å²) in [5.41, 5.74) is -0.682. The highest BCUT2D eigenvalue weighted by atomic mass is 16.6. The molecule has 0 fully saturated rings. The molecule has 2 atom stereocenters. The Labute approximate surface area is 144 Å². The van der Waals surface area contributed by atoms with Gasteiger partial charge >= 0.3 is 6.09 Å². The van der Waals surface area contributed by atoms with Gasteiger partial charge < -0.3 is 19.1 Å². The molecule has 1 aliphatic rings. The van der Waals surface area contributed by atoms with Gasteiger partial charge in [-0.2, -0.15) is 0 Å². The van der Waals surface area contributed by atoms with Crippen molar-refractivity contribution >= 4 is 17.9 Å². The van der Waals surface area contributed by atoms with Crippen LogP contribution >= 0.6 is 0 Å². The molecule has 0 aromatic rings. The molecule has 1 aliphatic heterocycles. The Hall–Kier alpha value is -2.05. The van der Waals surface area contributed by atoms with E-state index in [2.05, 4.69) is 25.4 Å². The molecular formula is C17H29N3O4. The maximum Gasteiger partial charge on any atom is 0.409 e. The molecule has 0 aromatic carbocycles. The van der Waals surface area contributed by atoms with Crippen LogP contribution in [0.5, 0.6) is 0 Å². The van der Waals surface area contributed by atoms with Crippen LogP contribution in [0, 0.1) is 5.92 Å². The number of hydrogen-bond donors (Lipinski definition) is 0. The van der Waals surface area contributed by atoms with Crippen LogP contribution in [0.3, 0.4) is 0 Å². The largest absolute Gasteiger partial charge is 0.483 e. The van der Waals surface area contributed by atoms with E-state index < -0.39 is 11.6 Å². The monoisotopic (exact) mass is 339 g/mol. The van der Waals surface area contributed by atoms with Gasteiger partial charge in [0.25, 0.3) is 0 Å². The lowest BCUT2D eigenvalue weighted by molar-refractivity contribution is 0.119. The number of carbonyl (C=O) groups excluding carboxylic acids is 1. The van der Waals surface area contributed by atoms with Crippen molar-refractivity contribution in [3.8, 4) is 0 Å². The van der Waals surface area contributed by atoms with Crippen LogP contribution in [0.25, 0.3) is 0 Å². The zero-order chi connectivity index (χ0) is 18.3. The van der Waals surface area contributed by atoms with Crippen LogP contribution in [0.15, 0.2) is 22.6 Å². The minimum atomic E-state index is -0.682. The minimum absolute atomic E-state index is 0.159. The van der Waals surface area contributed by atoms with Gasteiger partial charge in [0.05, 0.1) is 14.2 Å². The Morgan fingerprint density at radius 2 is 2.08 bits per heavy atom. The smallest absolute Gasteiger partial charge is 0.409 e. The predicted molar refractivity (Wildman–Crippen MR) is 94.7 cm³/mol. The number of hydrogen-bond acceptors (Lipinski definition) is 6. The first kappa shape index (κ1) is 20.0. The summed E-state index contributed by atoms with van der Waals surface area (Å²) in [6, 6.07) is -0.159. The molecule has 0 aromatic heterocycles. The first-order valence-electron chi connectivity index (χ1n) is 8.03. The van der Waals surface area contributed by atoms with E-state index in [1.54, 1.807) is 21.3 Å². The van der Waals surface area contributed by atoms with Gasteiger partial charge in [-0.3, -0.25) is 0 Å². The lowest BCUT2D eigenvalue weighted by Crippen LogP contribution is -2.46. The Morgan fingerprint density at radius 3 is 2.58 bits per heavy atom. The second-order valence-corrected chi connectivity index (χ2v) is 6.29. The molecule has 0 aliphatic carbocycles. The van der Waals surface area contributed by atoms with Crippen LogP contribution in [0.1, 0.15) is 27.2 Å². The standard InChI is InChI=1S/C17H29N3O4/c1-8-11-24-16(21)20(5)10-9-17(4)15(23-7)18-13(12(2)3)14(19-17)22-6/h8,12-13H,1,9-11H2,2-7H3/t13-,17+/m1/s1. The third-order valence-corrected chi connectivity index (χ3v) is 3.93. The van der Waals surface area contributed by atoms with Crippen molar-refractivity contribution in [2.75, 3.05) is 34.4 Å². The van der Waals surface area contributed by atoms with Crippen molar-refractivity contribution in [1.82, 2.24) is 4.90 Å². The zero-order valence-electron chi connectivity index (χ0n) is 15.5. The third kappa shape index (κ3) is 4.72. The van der Waals surface area contributed by atoms with Crippen LogP contribution in [0.4, 0.5) is 4.79 Å². The number of nitrogens with zero attached hydrogens (tertiary/aromatic N) is 3. The van der Waals surface area contributed by atoms with Gasteiger partial charge in [0.1, 0.15) is 18.2 Å². The Bertz CT molecular complexity index is 516. The van der Waals surface area contributed by atoms with E-state index in [1.165, 1.54) is 11.0 Å². The Balaban J connectivity index is 2.87. The second kappa shape index (κ2) is 8.70. The zero-order valence-corrected chi connectivity index (χ0v) is 15.5. The highest BCUT2D eigenvalue weighted by Gasteiger charge is 2.39. The normalized spacial score (nSPS) is 23.2. The summed E-state index contributed by atoms with van der Waals surface area (Å²) in [5.74, 6) is 1.38. The summed E-state index contributed by atoms with van der Waals surface area (Å²) in [6.07, 6.45) is 1.67. The molecule has 0 spiro atoms.